The predicted octanol–water partition coefficient (Wildman–Crippen LogP) is 3.20. The Bertz CT molecular complexity index is 367. The first-order chi connectivity index (χ1) is 7.59. The minimum Gasteiger partial charge on any atom is -0.397 e. The summed E-state index contributed by atoms with van der Waals surface area (Å²) < 4.78 is 0. The van der Waals surface area contributed by atoms with Crippen molar-refractivity contribution in [3.8, 4) is 0 Å². The molecule has 1 fully saturated rings. The molecule has 0 radical (unpaired) electrons. The fourth-order valence-corrected chi connectivity index (χ4v) is 2.08. The summed E-state index contributed by atoms with van der Waals surface area (Å²) in [5.41, 5.74) is 9.51. The Labute approximate surface area is 98.4 Å². The van der Waals surface area contributed by atoms with Crippen molar-refractivity contribution in [2.45, 2.75) is 39.7 Å². The predicted molar refractivity (Wildman–Crippen MR) is 70.8 cm³/mol. The molecule has 0 unspecified atom stereocenters. The van der Waals surface area contributed by atoms with Gasteiger partial charge in [-0.05, 0) is 51.2 Å². The zero-order chi connectivity index (χ0) is 11.7. The summed E-state index contributed by atoms with van der Waals surface area (Å²) in [6, 6.07) is 6.84. The van der Waals surface area contributed by atoms with Gasteiger partial charge in [-0.25, -0.2) is 0 Å². The van der Waals surface area contributed by atoms with Gasteiger partial charge < -0.3 is 10.6 Å². The van der Waals surface area contributed by atoms with E-state index in [2.05, 4.69) is 43.9 Å². The van der Waals surface area contributed by atoms with E-state index in [1.54, 1.807) is 0 Å². The van der Waals surface area contributed by atoms with E-state index in [1.807, 2.05) is 0 Å². The molecule has 1 aliphatic rings. The van der Waals surface area contributed by atoms with Crippen LogP contribution in [0.15, 0.2) is 18.2 Å². The summed E-state index contributed by atoms with van der Waals surface area (Å²) in [5.74, 6) is 0.891. The highest BCUT2D eigenvalue weighted by molar-refractivity contribution is 5.71. The van der Waals surface area contributed by atoms with Gasteiger partial charge in [0, 0.05) is 12.6 Å². The van der Waals surface area contributed by atoms with Crippen LogP contribution in [-0.4, -0.2) is 12.6 Å². The van der Waals surface area contributed by atoms with Crippen molar-refractivity contribution < 1.29 is 0 Å². The molecule has 0 amide bonds. The van der Waals surface area contributed by atoms with Crippen molar-refractivity contribution >= 4 is 11.4 Å². The van der Waals surface area contributed by atoms with Crippen LogP contribution in [-0.2, 0) is 0 Å². The zero-order valence-electron chi connectivity index (χ0n) is 10.5. The fourth-order valence-electron chi connectivity index (χ4n) is 2.08. The van der Waals surface area contributed by atoms with Gasteiger partial charge in [0.05, 0.1) is 11.4 Å². The second-order valence-corrected chi connectivity index (χ2v) is 5.20. The van der Waals surface area contributed by atoms with E-state index in [0.717, 1.165) is 18.2 Å². The van der Waals surface area contributed by atoms with Crippen LogP contribution in [0.5, 0.6) is 0 Å². The third kappa shape index (κ3) is 2.31. The molecule has 0 atom stereocenters. The van der Waals surface area contributed by atoms with E-state index in [4.69, 9.17) is 5.73 Å². The van der Waals surface area contributed by atoms with Crippen molar-refractivity contribution in [3.63, 3.8) is 0 Å². The first kappa shape index (κ1) is 11.3. The molecule has 2 heteroatoms. The molecule has 16 heavy (non-hydrogen) atoms. The molecule has 0 spiro atoms. The quantitative estimate of drug-likeness (QED) is 0.786. The van der Waals surface area contributed by atoms with Gasteiger partial charge in [-0.1, -0.05) is 12.1 Å². The van der Waals surface area contributed by atoms with Crippen LogP contribution >= 0.6 is 0 Å². The number of hydrogen-bond donors (Lipinski definition) is 1. The van der Waals surface area contributed by atoms with E-state index in [-0.39, 0.29) is 0 Å². The largest absolute Gasteiger partial charge is 0.397 e. The lowest BCUT2D eigenvalue weighted by Crippen LogP contribution is -2.33. The maximum atomic E-state index is 6.18. The molecule has 1 saturated carbocycles. The van der Waals surface area contributed by atoms with Crippen molar-refractivity contribution in [1.82, 2.24) is 0 Å². The van der Waals surface area contributed by atoms with E-state index in [1.165, 1.54) is 24.1 Å². The van der Waals surface area contributed by atoms with Crippen LogP contribution in [0.4, 0.5) is 11.4 Å². The molecule has 0 heterocycles. The van der Waals surface area contributed by atoms with Crippen LogP contribution in [0, 0.1) is 12.8 Å². The Balaban J connectivity index is 2.26. The lowest BCUT2D eigenvalue weighted by Gasteiger charge is -2.30. The molecule has 2 N–H and O–H groups in total. The maximum absolute atomic E-state index is 6.18. The zero-order valence-corrected chi connectivity index (χ0v) is 10.5. The van der Waals surface area contributed by atoms with Gasteiger partial charge in [-0.2, -0.15) is 0 Å². The summed E-state index contributed by atoms with van der Waals surface area (Å²) in [4.78, 5) is 2.44. The minimum atomic E-state index is 0.518. The highest BCUT2D eigenvalue weighted by atomic mass is 15.2. The standard InChI is InChI=1S/C14H22N2/c1-10(2)16(9-12-7-8-12)13-6-4-5-11(3)14(13)15/h4-6,10,12H,7-9,15H2,1-3H3. The average Bonchev–Trinajstić information content (AvgIpc) is 3.03. The summed E-state index contributed by atoms with van der Waals surface area (Å²) in [7, 11) is 0. The molecular formula is C14H22N2. The number of benzene rings is 1. The lowest BCUT2D eigenvalue weighted by atomic mass is 10.1. The van der Waals surface area contributed by atoms with Gasteiger partial charge in [0.2, 0.25) is 0 Å². The average molecular weight is 218 g/mol. The van der Waals surface area contributed by atoms with Crippen LogP contribution in [0.1, 0.15) is 32.3 Å². The molecule has 1 aliphatic carbocycles. The second-order valence-electron chi connectivity index (χ2n) is 5.20. The molecule has 2 nitrogen and oxygen atoms in total. The molecular weight excluding hydrogens is 196 g/mol. The third-order valence-corrected chi connectivity index (χ3v) is 3.39. The topological polar surface area (TPSA) is 29.3 Å². The van der Waals surface area contributed by atoms with Gasteiger partial charge >= 0.3 is 0 Å². The number of para-hydroxylation sites is 1. The highest BCUT2D eigenvalue weighted by Crippen LogP contribution is 2.34. The number of nitrogen functional groups attached to an aromatic ring is 1. The number of nitrogens with two attached hydrogens (primary N) is 1. The lowest BCUT2D eigenvalue weighted by molar-refractivity contribution is 0.645. The van der Waals surface area contributed by atoms with Crippen molar-refractivity contribution in [1.29, 1.82) is 0 Å². The van der Waals surface area contributed by atoms with E-state index in [9.17, 15) is 0 Å². The summed E-state index contributed by atoms with van der Waals surface area (Å²) >= 11 is 0. The van der Waals surface area contributed by atoms with Gasteiger partial charge in [-0.3, -0.25) is 0 Å². The third-order valence-electron chi connectivity index (χ3n) is 3.39. The number of hydrogen-bond acceptors (Lipinski definition) is 2. The molecule has 0 bridgehead atoms. The monoisotopic (exact) mass is 218 g/mol. The smallest absolute Gasteiger partial charge is 0.0605 e. The number of nitrogens with zero attached hydrogens (tertiary/aromatic N) is 1. The van der Waals surface area contributed by atoms with Crippen molar-refractivity contribution in [3.05, 3.63) is 23.8 Å². The van der Waals surface area contributed by atoms with Crippen LogP contribution in [0.2, 0.25) is 0 Å². The fraction of sp³-hybridized carbons (Fsp3) is 0.571. The van der Waals surface area contributed by atoms with Crippen molar-refractivity contribution in [2.75, 3.05) is 17.2 Å². The Hall–Kier alpha value is -1.18. The summed E-state index contributed by atoms with van der Waals surface area (Å²) in [6.07, 6.45) is 2.77. The molecule has 1 aromatic rings. The van der Waals surface area contributed by atoms with Gasteiger partial charge in [0.25, 0.3) is 0 Å². The normalized spacial score (nSPS) is 15.5. The Morgan fingerprint density at radius 2 is 2.06 bits per heavy atom. The Kier molecular flexibility index (Phi) is 3.08. The van der Waals surface area contributed by atoms with E-state index >= 15 is 0 Å². The number of anilines is 2. The highest BCUT2D eigenvalue weighted by Gasteiger charge is 2.26. The van der Waals surface area contributed by atoms with Gasteiger partial charge in [0.15, 0.2) is 0 Å². The van der Waals surface area contributed by atoms with Gasteiger partial charge in [0.1, 0.15) is 0 Å². The molecule has 0 aromatic heterocycles. The molecule has 88 valence electrons. The molecule has 1 aromatic carbocycles. The first-order valence-corrected chi connectivity index (χ1v) is 6.21. The van der Waals surface area contributed by atoms with Crippen LogP contribution in [0.3, 0.4) is 0 Å². The minimum absolute atomic E-state index is 0.518. The first-order valence-electron chi connectivity index (χ1n) is 6.21. The van der Waals surface area contributed by atoms with Crippen LogP contribution in [0.25, 0.3) is 0 Å². The van der Waals surface area contributed by atoms with E-state index < -0.39 is 0 Å². The SMILES string of the molecule is Cc1cccc(N(CC2CC2)C(C)C)c1N. The number of aryl methyl sites for hydroxylation is 1. The Morgan fingerprint density at radius 3 is 2.62 bits per heavy atom. The van der Waals surface area contributed by atoms with E-state index in [0.29, 0.717) is 6.04 Å². The van der Waals surface area contributed by atoms with Crippen LogP contribution < -0.4 is 10.6 Å². The molecule has 0 saturated heterocycles. The van der Waals surface area contributed by atoms with Crippen molar-refractivity contribution in [2.24, 2.45) is 5.92 Å². The maximum Gasteiger partial charge on any atom is 0.0605 e. The van der Waals surface area contributed by atoms with Gasteiger partial charge in [-0.15, -0.1) is 0 Å². The second kappa shape index (κ2) is 4.36. The molecule has 2 rings (SSSR count). The molecule has 0 aliphatic heterocycles. The summed E-state index contributed by atoms with van der Waals surface area (Å²) in [6.45, 7) is 7.72. The summed E-state index contributed by atoms with van der Waals surface area (Å²) in [5, 5.41) is 0. The Morgan fingerprint density at radius 1 is 1.38 bits per heavy atom. The number of rotatable bonds is 4.